The molecule has 3 heterocycles. The summed E-state index contributed by atoms with van der Waals surface area (Å²) >= 11 is 5.98. The number of hydrogen-bond acceptors (Lipinski definition) is 4. The fourth-order valence-electron chi connectivity index (χ4n) is 3.91. The molecule has 8 heteroatoms. The molecule has 1 aliphatic rings. The van der Waals surface area contributed by atoms with Crippen molar-refractivity contribution in [2.45, 2.75) is 38.3 Å². The number of likely N-dealkylation sites (tertiary alicyclic amines) is 1. The number of aromatic nitrogens is 3. The van der Waals surface area contributed by atoms with Crippen molar-refractivity contribution in [3.63, 3.8) is 0 Å². The Bertz CT molecular complexity index is 1030. The molecule has 0 bridgehead atoms. The van der Waals surface area contributed by atoms with Gasteiger partial charge in [-0.05, 0) is 42.7 Å². The first-order valence-electron chi connectivity index (χ1n) is 9.64. The molecular weight excluding hydrogens is 390 g/mol. The number of rotatable bonds is 5. The van der Waals surface area contributed by atoms with Crippen molar-refractivity contribution in [3.8, 4) is 0 Å². The summed E-state index contributed by atoms with van der Waals surface area (Å²) in [6.45, 7) is 2.12. The molecule has 0 unspecified atom stereocenters. The Labute approximate surface area is 173 Å². The van der Waals surface area contributed by atoms with Crippen LogP contribution in [0.2, 0.25) is 5.02 Å². The first kappa shape index (κ1) is 19.4. The van der Waals surface area contributed by atoms with E-state index in [-0.39, 0.29) is 24.3 Å². The molecule has 2 amide bonds. The number of carbonyl (C=O) groups excluding carboxylic acids is 2. The molecular formula is C21H22ClN5O2. The maximum absolute atomic E-state index is 13.2. The molecule has 4 rings (SSSR count). The van der Waals surface area contributed by atoms with Gasteiger partial charge in [-0.3, -0.25) is 14.0 Å². The molecule has 0 radical (unpaired) electrons. The first-order valence-corrected chi connectivity index (χ1v) is 10.0. The highest BCUT2D eigenvalue weighted by atomic mass is 35.5. The summed E-state index contributed by atoms with van der Waals surface area (Å²) < 4.78 is 1.93. The van der Waals surface area contributed by atoms with E-state index in [0.29, 0.717) is 11.6 Å². The van der Waals surface area contributed by atoms with E-state index < -0.39 is 6.04 Å². The van der Waals surface area contributed by atoms with E-state index in [9.17, 15) is 9.59 Å². The number of benzene rings is 1. The van der Waals surface area contributed by atoms with Crippen LogP contribution in [0.15, 0.2) is 48.7 Å². The van der Waals surface area contributed by atoms with Gasteiger partial charge in [0.2, 0.25) is 11.8 Å². The van der Waals surface area contributed by atoms with Crippen LogP contribution in [0.1, 0.15) is 49.7 Å². The average Bonchev–Trinajstić information content (AvgIpc) is 3.34. The SMILES string of the molecule is CC(=O)N[C@@H](CC(=O)N1CCC[C@H]1c1nnc2ccccn12)c1ccc(Cl)cc1. The molecule has 2 atom stereocenters. The Kier molecular flexibility index (Phi) is 5.49. The standard InChI is InChI=1S/C21H22ClN5O2/c1-14(28)23-17(15-7-9-16(22)10-8-15)13-20(29)26-12-4-5-18(26)21-25-24-19-6-2-3-11-27(19)21/h2-3,6-11,17-18H,4-5,12-13H2,1H3,(H,23,28)/t17-,18-/m0/s1. The van der Waals surface area contributed by atoms with Crippen LogP contribution in [0, 0.1) is 0 Å². The zero-order chi connectivity index (χ0) is 20.4. The number of nitrogens with zero attached hydrogens (tertiary/aromatic N) is 4. The van der Waals surface area contributed by atoms with Gasteiger partial charge in [0.15, 0.2) is 11.5 Å². The molecule has 0 aliphatic carbocycles. The quantitative estimate of drug-likeness (QED) is 0.698. The van der Waals surface area contributed by atoms with Gasteiger partial charge in [-0.25, -0.2) is 0 Å². The second kappa shape index (κ2) is 8.21. The maximum Gasteiger partial charge on any atom is 0.225 e. The van der Waals surface area contributed by atoms with Crippen molar-refractivity contribution >= 4 is 29.1 Å². The molecule has 0 spiro atoms. The summed E-state index contributed by atoms with van der Waals surface area (Å²) in [4.78, 5) is 26.8. The zero-order valence-corrected chi connectivity index (χ0v) is 16.8. The van der Waals surface area contributed by atoms with Gasteiger partial charge in [0.25, 0.3) is 0 Å². The Morgan fingerprint density at radius 2 is 2.00 bits per heavy atom. The van der Waals surface area contributed by atoms with E-state index in [2.05, 4.69) is 15.5 Å². The van der Waals surface area contributed by atoms with Crippen LogP contribution in [0.25, 0.3) is 5.65 Å². The lowest BCUT2D eigenvalue weighted by Crippen LogP contribution is -2.36. The summed E-state index contributed by atoms with van der Waals surface area (Å²) in [7, 11) is 0. The second-order valence-corrected chi connectivity index (χ2v) is 7.68. The van der Waals surface area contributed by atoms with Crippen molar-refractivity contribution in [2.24, 2.45) is 0 Å². The number of carbonyl (C=O) groups is 2. The Morgan fingerprint density at radius 1 is 1.21 bits per heavy atom. The van der Waals surface area contributed by atoms with Crippen molar-refractivity contribution < 1.29 is 9.59 Å². The summed E-state index contributed by atoms with van der Waals surface area (Å²) in [6, 6.07) is 12.4. The summed E-state index contributed by atoms with van der Waals surface area (Å²) in [6.07, 6.45) is 3.84. The molecule has 1 fully saturated rings. The predicted octanol–water partition coefficient (Wildman–Crippen LogP) is 3.31. The summed E-state index contributed by atoms with van der Waals surface area (Å²) in [5.41, 5.74) is 1.61. The van der Waals surface area contributed by atoms with Crippen LogP contribution in [0.4, 0.5) is 0 Å². The third-order valence-corrected chi connectivity index (χ3v) is 5.49. The third-order valence-electron chi connectivity index (χ3n) is 5.24. The largest absolute Gasteiger partial charge is 0.349 e. The number of fused-ring (bicyclic) bond motifs is 1. The van der Waals surface area contributed by atoms with Crippen LogP contribution < -0.4 is 5.32 Å². The number of amides is 2. The molecule has 1 N–H and O–H groups in total. The lowest BCUT2D eigenvalue weighted by molar-refractivity contribution is -0.133. The summed E-state index contributed by atoms with van der Waals surface area (Å²) in [5, 5.41) is 12.1. The molecule has 7 nitrogen and oxygen atoms in total. The zero-order valence-electron chi connectivity index (χ0n) is 16.1. The van der Waals surface area contributed by atoms with Crippen LogP contribution >= 0.6 is 11.6 Å². The van der Waals surface area contributed by atoms with E-state index in [1.54, 1.807) is 12.1 Å². The van der Waals surface area contributed by atoms with E-state index in [1.807, 2.05) is 45.8 Å². The van der Waals surface area contributed by atoms with E-state index in [4.69, 9.17) is 11.6 Å². The predicted molar refractivity (Wildman–Crippen MR) is 109 cm³/mol. The number of hydrogen-bond donors (Lipinski definition) is 1. The molecule has 150 valence electrons. The van der Waals surface area contributed by atoms with E-state index in [0.717, 1.165) is 29.9 Å². The van der Waals surface area contributed by atoms with Crippen molar-refractivity contribution in [1.82, 2.24) is 24.8 Å². The van der Waals surface area contributed by atoms with Gasteiger partial charge in [0.05, 0.1) is 18.5 Å². The van der Waals surface area contributed by atoms with E-state index in [1.165, 1.54) is 6.92 Å². The third kappa shape index (κ3) is 4.10. The molecule has 1 aromatic carbocycles. The molecule has 2 aromatic heterocycles. The van der Waals surface area contributed by atoms with Gasteiger partial charge in [0.1, 0.15) is 0 Å². The lowest BCUT2D eigenvalue weighted by atomic mass is 10.0. The topological polar surface area (TPSA) is 79.6 Å². The minimum absolute atomic E-state index is 0.0196. The van der Waals surface area contributed by atoms with Gasteiger partial charge in [0, 0.05) is 24.7 Å². The Balaban J connectivity index is 1.56. The normalized spacial score (nSPS) is 17.4. The minimum Gasteiger partial charge on any atom is -0.349 e. The fourth-order valence-corrected chi connectivity index (χ4v) is 4.03. The molecule has 0 saturated carbocycles. The van der Waals surface area contributed by atoms with Crippen LogP contribution in [-0.2, 0) is 9.59 Å². The first-order chi connectivity index (χ1) is 14.0. The van der Waals surface area contributed by atoms with Gasteiger partial charge in [-0.2, -0.15) is 0 Å². The molecule has 1 aliphatic heterocycles. The fraction of sp³-hybridized carbons (Fsp3) is 0.333. The molecule has 1 saturated heterocycles. The number of halogens is 1. The van der Waals surface area contributed by atoms with Gasteiger partial charge < -0.3 is 10.2 Å². The lowest BCUT2D eigenvalue weighted by Gasteiger charge is -2.26. The van der Waals surface area contributed by atoms with Crippen molar-refractivity contribution in [1.29, 1.82) is 0 Å². The highest BCUT2D eigenvalue weighted by molar-refractivity contribution is 6.30. The maximum atomic E-state index is 13.2. The second-order valence-electron chi connectivity index (χ2n) is 7.24. The molecule has 3 aromatic rings. The van der Waals surface area contributed by atoms with Crippen LogP contribution in [-0.4, -0.2) is 37.9 Å². The van der Waals surface area contributed by atoms with E-state index >= 15 is 0 Å². The van der Waals surface area contributed by atoms with Crippen LogP contribution in [0.5, 0.6) is 0 Å². The highest BCUT2D eigenvalue weighted by Gasteiger charge is 2.34. The highest BCUT2D eigenvalue weighted by Crippen LogP contribution is 2.33. The minimum atomic E-state index is -0.409. The number of nitrogens with one attached hydrogen (secondary N) is 1. The van der Waals surface area contributed by atoms with Gasteiger partial charge in [-0.15, -0.1) is 10.2 Å². The summed E-state index contributed by atoms with van der Waals surface area (Å²) in [5.74, 6) is 0.571. The van der Waals surface area contributed by atoms with Crippen LogP contribution in [0.3, 0.4) is 0 Å². The Hall–Kier alpha value is -2.93. The monoisotopic (exact) mass is 411 g/mol. The number of pyridine rings is 1. The van der Waals surface area contributed by atoms with Gasteiger partial charge in [-0.1, -0.05) is 29.8 Å². The smallest absolute Gasteiger partial charge is 0.225 e. The Morgan fingerprint density at radius 3 is 2.76 bits per heavy atom. The van der Waals surface area contributed by atoms with Crippen molar-refractivity contribution in [3.05, 3.63) is 65.1 Å². The average molecular weight is 412 g/mol. The molecule has 29 heavy (non-hydrogen) atoms. The van der Waals surface area contributed by atoms with Gasteiger partial charge >= 0.3 is 0 Å². The van der Waals surface area contributed by atoms with Crippen molar-refractivity contribution in [2.75, 3.05) is 6.54 Å².